The first kappa shape index (κ1) is 9.15. The van der Waals surface area contributed by atoms with Crippen molar-refractivity contribution in [1.29, 1.82) is 0 Å². The van der Waals surface area contributed by atoms with Crippen molar-refractivity contribution in [2.75, 3.05) is 0 Å². The Hall–Kier alpha value is -1.42. The molecule has 1 N–H and O–H groups in total. The highest BCUT2D eigenvalue weighted by Gasteiger charge is 2.03. The van der Waals surface area contributed by atoms with E-state index in [1.165, 1.54) is 11.6 Å². The molecule has 0 aliphatic rings. The van der Waals surface area contributed by atoms with Crippen molar-refractivity contribution in [3.05, 3.63) is 39.1 Å². The summed E-state index contributed by atoms with van der Waals surface area (Å²) in [6, 6.07) is 3.51. The van der Waals surface area contributed by atoms with Crippen molar-refractivity contribution in [3.63, 3.8) is 0 Å². The number of nitrogens with zero attached hydrogens (tertiary/aromatic N) is 1. The Morgan fingerprint density at radius 1 is 1.36 bits per heavy atom. The third-order valence-electron chi connectivity index (χ3n) is 1.83. The minimum absolute atomic E-state index is 0.0986. The van der Waals surface area contributed by atoms with Crippen LogP contribution in [0.1, 0.15) is 11.3 Å². The molecule has 0 saturated heterocycles. The van der Waals surface area contributed by atoms with Crippen LogP contribution in [0.15, 0.2) is 22.3 Å². The van der Waals surface area contributed by atoms with E-state index in [4.69, 9.17) is 0 Å². The molecule has 0 saturated carbocycles. The molecule has 0 unspecified atom stereocenters. The van der Waals surface area contributed by atoms with Gasteiger partial charge in [-0.25, -0.2) is 4.98 Å². The summed E-state index contributed by atoms with van der Waals surface area (Å²) in [5.41, 5.74) is 1.84. The zero-order chi connectivity index (χ0) is 10.1. The van der Waals surface area contributed by atoms with E-state index in [9.17, 15) is 4.79 Å². The van der Waals surface area contributed by atoms with E-state index in [-0.39, 0.29) is 5.56 Å². The first-order chi connectivity index (χ1) is 6.65. The molecule has 0 amide bonds. The van der Waals surface area contributed by atoms with Crippen molar-refractivity contribution >= 4 is 11.3 Å². The molecule has 0 radical (unpaired) electrons. The Bertz CT molecular complexity index is 513. The Morgan fingerprint density at radius 3 is 2.71 bits per heavy atom. The molecule has 72 valence electrons. The summed E-state index contributed by atoms with van der Waals surface area (Å²) in [5, 5.41) is 2.04. The molecule has 0 bridgehead atoms. The molecule has 0 aliphatic heterocycles. The van der Waals surface area contributed by atoms with E-state index < -0.39 is 0 Å². The summed E-state index contributed by atoms with van der Waals surface area (Å²) >= 11 is 1.59. The van der Waals surface area contributed by atoms with E-state index in [0.29, 0.717) is 5.82 Å². The maximum Gasteiger partial charge on any atom is 0.251 e. The van der Waals surface area contributed by atoms with Gasteiger partial charge in [0, 0.05) is 11.8 Å². The number of nitrogens with one attached hydrogen (secondary N) is 1. The number of hydrogen-bond donors (Lipinski definition) is 1. The smallest absolute Gasteiger partial charge is 0.251 e. The van der Waals surface area contributed by atoms with E-state index >= 15 is 0 Å². The van der Waals surface area contributed by atoms with Crippen LogP contribution in [0, 0.1) is 13.8 Å². The molecule has 0 aliphatic carbocycles. The second-order valence-electron chi connectivity index (χ2n) is 3.22. The van der Waals surface area contributed by atoms with Gasteiger partial charge in [0.15, 0.2) is 0 Å². The standard InChI is InChI=1S/C10H10N2OS/c1-6-3-8(14-5-6)10-11-7(2)4-9(13)12-10/h3-5H,1-2H3,(H,11,12,13). The SMILES string of the molecule is Cc1csc(-c2nc(C)cc(=O)[nH]2)c1. The Morgan fingerprint density at radius 2 is 2.14 bits per heavy atom. The monoisotopic (exact) mass is 206 g/mol. The molecule has 3 nitrogen and oxygen atoms in total. The molecule has 0 fully saturated rings. The van der Waals surface area contributed by atoms with Crippen LogP contribution in [0.25, 0.3) is 10.7 Å². The summed E-state index contributed by atoms with van der Waals surface area (Å²) in [6.07, 6.45) is 0. The first-order valence-electron chi connectivity index (χ1n) is 4.28. The molecule has 0 spiro atoms. The molecule has 4 heteroatoms. The van der Waals surface area contributed by atoms with Gasteiger partial charge in [-0.2, -0.15) is 0 Å². The van der Waals surface area contributed by atoms with Gasteiger partial charge in [0.05, 0.1) is 4.88 Å². The average Bonchev–Trinajstić information content (AvgIpc) is 2.50. The number of aromatic nitrogens is 2. The van der Waals surface area contributed by atoms with Crippen molar-refractivity contribution < 1.29 is 0 Å². The van der Waals surface area contributed by atoms with Crippen LogP contribution in [0.2, 0.25) is 0 Å². The zero-order valence-electron chi connectivity index (χ0n) is 8.00. The highest BCUT2D eigenvalue weighted by atomic mass is 32.1. The van der Waals surface area contributed by atoms with Gasteiger partial charge in [0.2, 0.25) is 0 Å². The molecule has 2 heterocycles. The average molecular weight is 206 g/mol. The summed E-state index contributed by atoms with van der Waals surface area (Å²) in [4.78, 5) is 19.2. The number of aryl methyl sites for hydroxylation is 2. The predicted molar refractivity (Wildman–Crippen MR) is 57.6 cm³/mol. The summed E-state index contributed by atoms with van der Waals surface area (Å²) in [5.74, 6) is 0.660. The molecule has 0 aromatic carbocycles. The molecule has 0 atom stereocenters. The number of rotatable bonds is 1. The van der Waals surface area contributed by atoms with Gasteiger partial charge in [-0.1, -0.05) is 0 Å². The lowest BCUT2D eigenvalue weighted by atomic mass is 10.3. The van der Waals surface area contributed by atoms with Crippen LogP contribution in [0.5, 0.6) is 0 Å². The maximum absolute atomic E-state index is 11.2. The van der Waals surface area contributed by atoms with Crippen molar-refractivity contribution in [3.8, 4) is 10.7 Å². The van der Waals surface area contributed by atoms with E-state index in [1.807, 2.05) is 25.3 Å². The predicted octanol–water partition coefficient (Wildman–Crippen LogP) is 2.12. The van der Waals surface area contributed by atoms with Crippen LogP contribution in [-0.4, -0.2) is 9.97 Å². The van der Waals surface area contributed by atoms with Gasteiger partial charge in [-0.05, 0) is 30.9 Å². The fourth-order valence-electron chi connectivity index (χ4n) is 1.25. The normalized spacial score (nSPS) is 10.4. The molecule has 2 aromatic rings. The number of H-pyrrole nitrogens is 1. The minimum atomic E-state index is -0.0986. The van der Waals surface area contributed by atoms with E-state index in [2.05, 4.69) is 9.97 Å². The molecule has 2 aromatic heterocycles. The number of hydrogen-bond acceptors (Lipinski definition) is 3. The van der Waals surface area contributed by atoms with Crippen LogP contribution < -0.4 is 5.56 Å². The maximum atomic E-state index is 11.2. The molecule has 2 rings (SSSR count). The van der Waals surface area contributed by atoms with Crippen LogP contribution in [-0.2, 0) is 0 Å². The second-order valence-corrected chi connectivity index (χ2v) is 4.13. The van der Waals surface area contributed by atoms with Crippen LogP contribution in [0.3, 0.4) is 0 Å². The minimum Gasteiger partial charge on any atom is -0.306 e. The summed E-state index contributed by atoms with van der Waals surface area (Å²) in [7, 11) is 0. The Kier molecular flexibility index (Phi) is 2.21. The fraction of sp³-hybridized carbons (Fsp3) is 0.200. The van der Waals surface area contributed by atoms with Gasteiger partial charge in [-0.3, -0.25) is 4.79 Å². The quantitative estimate of drug-likeness (QED) is 0.776. The molecule has 14 heavy (non-hydrogen) atoms. The third-order valence-corrected chi connectivity index (χ3v) is 2.89. The van der Waals surface area contributed by atoms with Gasteiger partial charge in [0.1, 0.15) is 5.82 Å². The highest BCUT2D eigenvalue weighted by Crippen LogP contribution is 2.22. The first-order valence-corrected chi connectivity index (χ1v) is 5.16. The van der Waals surface area contributed by atoms with Gasteiger partial charge in [0.25, 0.3) is 5.56 Å². The number of thiophene rings is 1. The lowest BCUT2D eigenvalue weighted by Crippen LogP contribution is -2.07. The lowest BCUT2D eigenvalue weighted by molar-refractivity contribution is 1.08. The summed E-state index contributed by atoms with van der Waals surface area (Å²) in [6.45, 7) is 3.84. The van der Waals surface area contributed by atoms with Crippen molar-refractivity contribution in [2.45, 2.75) is 13.8 Å². The molecular formula is C10H10N2OS. The Balaban J connectivity index is 2.56. The van der Waals surface area contributed by atoms with E-state index in [0.717, 1.165) is 10.6 Å². The van der Waals surface area contributed by atoms with Crippen LogP contribution >= 0.6 is 11.3 Å². The highest BCUT2D eigenvalue weighted by molar-refractivity contribution is 7.13. The van der Waals surface area contributed by atoms with Gasteiger partial charge in [-0.15, -0.1) is 11.3 Å². The topological polar surface area (TPSA) is 45.8 Å². The third kappa shape index (κ3) is 1.75. The van der Waals surface area contributed by atoms with Gasteiger partial charge >= 0.3 is 0 Å². The fourth-order valence-corrected chi connectivity index (χ4v) is 2.09. The van der Waals surface area contributed by atoms with Crippen molar-refractivity contribution in [1.82, 2.24) is 9.97 Å². The van der Waals surface area contributed by atoms with E-state index in [1.54, 1.807) is 11.3 Å². The largest absolute Gasteiger partial charge is 0.306 e. The van der Waals surface area contributed by atoms with Crippen LogP contribution in [0.4, 0.5) is 0 Å². The number of aromatic amines is 1. The zero-order valence-corrected chi connectivity index (χ0v) is 8.81. The molecular weight excluding hydrogens is 196 g/mol. The lowest BCUT2D eigenvalue weighted by Gasteiger charge is -1.97. The Labute approximate surface area is 85.5 Å². The summed E-state index contributed by atoms with van der Waals surface area (Å²) < 4.78 is 0. The second kappa shape index (κ2) is 3.38. The van der Waals surface area contributed by atoms with Crippen molar-refractivity contribution in [2.24, 2.45) is 0 Å². The van der Waals surface area contributed by atoms with Gasteiger partial charge < -0.3 is 4.98 Å².